The summed E-state index contributed by atoms with van der Waals surface area (Å²) in [4.78, 5) is 16.7. The van der Waals surface area contributed by atoms with Crippen molar-refractivity contribution in [1.29, 1.82) is 0 Å². The molecule has 0 saturated heterocycles. The van der Waals surface area contributed by atoms with Gasteiger partial charge in [-0.25, -0.2) is 9.38 Å². The Morgan fingerprint density at radius 3 is 2.13 bits per heavy atom. The van der Waals surface area contributed by atoms with E-state index in [2.05, 4.69) is 18.8 Å². The number of ketones is 1. The molecule has 0 spiro atoms. The van der Waals surface area contributed by atoms with E-state index in [1.165, 1.54) is 24.3 Å². The summed E-state index contributed by atoms with van der Waals surface area (Å²) in [5.74, 6) is -0.263. The normalized spacial score (nSPS) is 11.5. The fourth-order valence-corrected chi connectivity index (χ4v) is 2.44. The largest absolute Gasteiger partial charge is 0.387 e. The molecule has 0 aliphatic heterocycles. The maximum Gasteiger partial charge on any atom is 0.170 e. The molecule has 2 aromatic rings. The molecule has 0 aliphatic carbocycles. The zero-order valence-electron chi connectivity index (χ0n) is 13.5. The van der Waals surface area contributed by atoms with E-state index < -0.39 is 0 Å². The van der Waals surface area contributed by atoms with Crippen LogP contribution in [0.25, 0.3) is 0 Å². The monoisotopic (exact) mass is 312 g/mol. The number of nitrogens with zero attached hydrogens (tertiary/aromatic N) is 1. The Morgan fingerprint density at radius 1 is 1.04 bits per heavy atom. The fraction of sp³-hybridized carbons (Fsp3) is 0.263. The predicted octanol–water partition coefficient (Wildman–Crippen LogP) is 4.21. The molecule has 0 heterocycles. The number of Topliss-reactive ketones (excluding diaryl/α,β-unsaturated/α-hetero) is 1. The lowest BCUT2D eigenvalue weighted by molar-refractivity contribution is 0.100. The van der Waals surface area contributed by atoms with E-state index in [0.717, 1.165) is 29.7 Å². The third kappa shape index (κ3) is 4.25. The van der Waals surface area contributed by atoms with Crippen molar-refractivity contribution in [3.8, 4) is 0 Å². The minimum Gasteiger partial charge on any atom is -0.387 e. The van der Waals surface area contributed by atoms with Crippen LogP contribution in [0.4, 0.5) is 10.1 Å². The van der Waals surface area contributed by atoms with Crippen LogP contribution in [0.5, 0.6) is 0 Å². The van der Waals surface area contributed by atoms with Gasteiger partial charge >= 0.3 is 0 Å². The molecule has 2 aromatic carbocycles. The lowest BCUT2D eigenvalue weighted by Crippen LogP contribution is -2.17. The predicted molar refractivity (Wildman–Crippen MR) is 91.8 cm³/mol. The molecule has 0 amide bonds. The second kappa shape index (κ2) is 7.68. The summed E-state index contributed by atoms with van der Waals surface area (Å²) in [6.07, 6.45) is 1.73. The average molecular weight is 312 g/mol. The number of halogens is 1. The van der Waals surface area contributed by atoms with E-state index in [4.69, 9.17) is 5.73 Å². The quantitative estimate of drug-likeness (QED) is 0.493. The number of hydrogen-bond acceptors (Lipinski definition) is 2. The second-order valence-corrected chi connectivity index (χ2v) is 5.34. The van der Waals surface area contributed by atoms with Crippen LogP contribution in [0, 0.1) is 5.82 Å². The number of carbonyl (C=O) groups excluding carboxylic acids is 1. The molecule has 0 atom stereocenters. The second-order valence-electron chi connectivity index (χ2n) is 5.34. The van der Waals surface area contributed by atoms with Crippen LogP contribution < -0.4 is 5.73 Å². The standard InChI is InChI=1S/C19H21FN2O/c1-3-13-6-5-7-14(4-2)19(13)22-18(21)12-17(23)15-8-10-16(20)11-9-15/h5-11H,3-4,12H2,1-2H3,(H2,21,22). The average Bonchev–Trinajstić information content (AvgIpc) is 2.55. The maximum atomic E-state index is 12.9. The third-order valence-electron chi connectivity index (χ3n) is 3.73. The number of hydrogen-bond donors (Lipinski definition) is 1. The first-order valence-corrected chi connectivity index (χ1v) is 7.77. The summed E-state index contributed by atoms with van der Waals surface area (Å²) in [6, 6.07) is 11.5. The molecule has 23 heavy (non-hydrogen) atoms. The number of para-hydroxylation sites is 1. The maximum absolute atomic E-state index is 12.9. The van der Waals surface area contributed by atoms with Gasteiger partial charge in [0.15, 0.2) is 5.78 Å². The van der Waals surface area contributed by atoms with Crippen molar-refractivity contribution in [3.05, 3.63) is 65.0 Å². The zero-order valence-corrected chi connectivity index (χ0v) is 13.5. The Bertz CT molecular complexity index is 698. The molecule has 0 radical (unpaired) electrons. The smallest absolute Gasteiger partial charge is 0.170 e. The molecule has 2 N–H and O–H groups in total. The SMILES string of the molecule is CCc1cccc(CC)c1N=C(N)CC(=O)c1ccc(F)cc1. The molecule has 4 heteroatoms. The van der Waals surface area contributed by atoms with Gasteiger partial charge in [-0.15, -0.1) is 0 Å². The number of nitrogens with two attached hydrogens (primary N) is 1. The van der Waals surface area contributed by atoms with Crippen LogP contribution in [0.15, 0.2) is 47.5 Å². The summed E-state index contributed by atoms with van der Waals surface area (Å²) >= 11 is 0. The molecule has 0 aromatic heterocycles. The van der Waals surface area contributed by atoms with Crippen molar-refractivity contribution in [2.24, 2.45) is 10.7 Å². The summed E-state index contributed by atoms with van der Waals surface area (Å²) in [5, 5.41) is 0. The Hall–Kier alpha value is -2.49. The van der Waals surface area contributed by atoms with Gasteiger partial charge in [-0.05, 0) is 48.2 Å². The topological polar surface area (TPSA) is 55.4 Å². The number of amidine groups is 1. The van der Waals surface area contributed by atoms with Crippen molar-refractivity contribution in [3.63, 3.8) is 0 Å². The first-order valence-electron chi connectivity index (χ1n) is 7.77. The van der Waals surface area contributed by atoms with Gasteiger partial charge in [0.1, 0.15) is 11.7 Å². The number of carbonyl (C=O) groups is 1. The van der Waals surface area contributed by atoms with Crippen LogP contribution in [-0.4, -0.2) is 11.6 Å². The molecule has 0 unspecified atom stereocenters. The Kier molecular flexibility index (Phi) is 5.63. The molecule has 0 bridgehead atoms. The van der Waals surface area contributed by atoms with Crippen molar-refractivity contribution in [2.75, 3.05) is 0 Å². The molecule has 2 rings (SSSR count). The van der Waals surface area contributed by atoms with Crippen molar-refractivity contribution < 1.29 is 9.18 Å². The highest BCUT2D eigenvalue weighted by Crippen LogP contribution is 2.26. The Morgan fingerprint density at radius 2 is 1.61 bits per heavy atom. The first-order chi connectivity index (χ1) is 11.0. The summed E-state index contributed by atoms with van der Waals surface area (Å²) in [7, 11) is 0. The Labute approximate surface area is 136 Å². The zero-order chi connectivity index (χ0) is 16.8. The van der Waals surface area contributed by atoms with Crippen LogP contribution in [-0.2, 0) is 12.8 Å². The van der Waals surface area contributed by atoms with Crippen LogP contribution >= 0.6 is 0 Å². The molecule has 0 saturated carbocycles. The fourth-order valence-electron chi connectivity index (χ4n) is 2.44. The lowest BCUT2D eigenvalue weighted by Gasteiger charge is -2.10. The van der Waals surface area contributed by atoms with E-state index in [-0.39, 0.29) is 23.9 Å². The first kappa shape index (κ1) is 16.9. The molecular formula is C19H21FN2O. The molecule has 0 fully saturated rings. The highest BCUT2D eigenvalue weighted by atomic mass is 19.1. The lowest BCUT2D eigenvalue weighted by atomic mass is 10.0. The highest BCUT2D eigenvalue weighted by Gasteiger charge is 2.10. The summed E-state index contributed by atoms with van der Waals surface area (Å²) in [5.41, 5.74) is 9.50. The highest BCUT2D eigenvalue weighted by molar-refractivity contribution is 6.09. The number of benzene rings is 2. The molecule has 0 aliphatic rings. The molecule has 3 nitrogen and oxygen atoms in total. The van der Waals surface area contributed by atoms with Crippen molar-refractivity contribution >= 4 is 17.3 Å². The third-order valence-corrected chi connectivity index (χ3v) is 3.73. The van der Waals surface area contributed by atoms with Gasteiger partial charge in [-0.1, -0.05) is 32.0 Å². The van der Waals surface area contributed by atoms with E-state index in [9.17, 15) is 9.18 Å². The minimum atomic E-state index is -0.368. The van der Waals surface area contributed by atoms with Gasteiger partial charge in [0.25, 0.3) is 0 Å². The van der Waals surface area contributed by atoms with Gasteiger partial charge in [0.05, 0.1) is 12.1 Å². The van der Waals surface area contributed by atoms with Gasteiger partial charge in [0, 0.05) is 5.56 Å². The van der Waals surface area contributed by atoms with Crippen LogP contribution in [0.2, 0.25) is 0 Å². The molecule has 120 valence electrons. The van der Waals surface area contributed by atoms with E-state index >= 15 is 0 Å². The van der Waals surface area contributed by atoms with Crippen LogP contribution in [0.3, 0.4) is 0 Å². The van der Waals surface area contributed by atoms with E-state index in [0.29, 0.717) is 5.56 Å². The van der Waals surface area contributed by atoms with Gasteiger partial charge in [0.2, 0.25) is 0 Å². The minimum absolute atomic E-state index is 0.0207. The number of rotatable bonds is 6. The number of aliphatic imine (C=N–C) groups is 1. The van der Waals surface area contributed by atoms with E-state index in [1.54, 1.807) is 0 Å². The Balaban J connectivity index is 2.23. The van der Waals surface area contributed by atoms with E-state index in [1.807, 2.05) is 18.2 Å². The summed E-state index contributed by atoms with van der Waals surface area (Å²) < 4.78 is 12.9. The summed E-state index contributed by atoms with van der Waals surface area (Å²) in [6.45, 7) is 4.13. The van der Waals surface area contributed by atoms with Crippen molar-refractivity contribution in [2.45, 2.75) is 33.1 Å². The van der Waals surface area contributed by atoms with Crippen molar-refractivity contribution in [1.82, 2.24) is 0 Å². The van der Waals surface area contributed by atoms with Gasteiger partial charge in [-0.3, -0.25) is 4.79 Å². The van der Waals surface area contributed by atoms with Gasteiger partial charge in [-0.2, -0.15) is 0 Å². The number of aryl methyl sites for hydroxylation is 2. The van der Waals surface area contributed by atoms with Crippen LogP contribution in [0.1, 0.15) is 41.8 Å². The molecular weight excluding hydrogens is 291 g/mol. The van der Waals surface area contributed by atoms with Gasteiger partial charge < -0.3 is 5.73 Å².